The minimum absolute atomic E-state index is 0.160. The van der Waals surface area contributed by atoms with Crippen LogP contribution in [0.3, 0.4) is 0 Å². The molecule has 0 unspecified atom stereocenters. The summed E-state index contributed by atoms with van der Waals surface area (Å²) in [6.07, 6.45) is 1.92. The summed E-state index contributed by atoms with van der Waals surface area (Å²) in [6, 6.07) is 8.71. The summed E-state index contributed by atoms with van der Waals surface area (Å²) in [5.74, 6) is 0.702. The molecule has 1 heterocycles. The normalized spacial score (nSPS) is 9.91. The summed E-state index contributed by atoms with van der Waals surface area (Å²) in [5, 5.41) is 0. The van der Waals surface area contributed by atoms with Crippen molar-refractivity contribution in [3.63, 3.8) is 0 Å². The summed E-state index contributed by atoms with van der Waals surface area (Å²) in [7, 11) is 1.59. The number of aromatic nitrogens is 1. The molecule has 2 rings (SSSR count). The van der Waals surface area contributed by atoms with E-state index in [2.05, 4.69) is 4.98 Å². The highest BCUT2D eigenvalue weighted by molar-refractivity contribution is 5.75. The van der Waals surface area contributed by atoms with Gasteiger partial charge in [0.2, 0.25) is 0 Å². The highest BCUT2D eigenvalue weighted by atomic mass is 16.6. The molecule has 0 aliphatic carbocycles. The third-order valence-corrected chi connectivity index (χ3v) is 2.78. The standard InChI is InChI=1S/C16H15NO5/c1-11(19)22-15-7-13(9-18)17-8-16(15)21-10-12-3-5-14(20-2)6-4-12/h3-9H,10H2,1-2H3. The molecule has 22 heavy (non-hydrogen) atoms. The molecule has 1 aromatic heterocycles. The van der Waals surface area contributed by atoms with Gasteiger partial charge in [-0.1, -0.05) is 12.1 Å². The van der Waals surface area contributed by atoms with Crippen molar-refractivity contribution in [1.82, 2.24) is 4.98 Å². The number of hydrogen-bond acceptors (Lipinski definition) is 6. The van der Waals surface area contributed by atoms with Crippen LogP contribution in [0, 0.1) is 0 Å². The number of hydrogen-bond donors (Lipinski definition) is 0. The van der Waals surface area contributed by atoms with E-state index in [4.69, 9.17) is 14.2 Å². The van der Waals surface area contributed by atoms with Gasteiger partial charge in [0.25, 0.3) is 0 Å². The van der Waals surface area contributed by atoms with E-state index < -0.39 is 5.97 Å². The Morgan fingerprint density at radius 1 is 1.23 bits per heavy atom. The van der Waals surface area contributed by atoms with E-state index in [1.165, 1.54) is 19.2 Å². The first-order valence-corrected chi connectivity index (χ1v) is 6.51. The van der Waals surface area contributed by atoms with Crippen LogP contribution in [0.1, 0.15) is 23.0 Å². The number of carbonyl (C=O) groups excluding carboxylic acids is 2. The van der Waals surface area contributed by atoms with E-state index in [0.29, 0.717) is 6.29 Å². The van der Waals surface area contributed by atoms with Crippen molar-refractivity contribution in [1.29, 1.82) is 0 Å². The van der Waals surface area contributed by atoms with E-state index in [0.717, 1.165) is 11.3 Å². The maximum Gasteiger partial charge on any atom is 0.308 e. The minimum atomic E-state index is -0.502. The van der Waals surface area contributed by atoms with Gasteiger partial charge in [-0.2, -0.15) is 0 Å². The first kappa shape index (κ1) is 15.5. The van der Waals surface area contributed by atoms with E-state index in [1.54, 1.807) is 7.11 Å². The Kier molecular flexibility index (Phi) is 5.08. The Morgan fingerprint density at radius 3 is 2.55 bits per heavy atom. The summed E-state index contributed by atoms with van der Waals surface area (Å²) >= 11 is 0. The fourth-order valence-corrected chi connectivity index (χ4v) is 1.73. The Morgan fingerprint density at radius 2 is 1.95 bits per heavy atom. The number of pyridine rings is 1. The lowest BCUT2D eigenvalue weighted by molar-refractivity contribution is -0.132. The Balaban J connectivity index is 2.13. The summed E-state index contributed by atoms with van der Waals surface area (Å²) in [6.45, 7) is 1.54. The number of carbonyl (C=O) groups is 2. The molecule has 0 saturated carbocycles. The average molecular weight is 301 g/mol. The van der Waals surface area contributed by atoms with Crippen molar-refractivity contribution in [2.24, 2.45) is 0 Å². The van der Waals surface area contributed by atoms with Crippen molar-refractivity contribution in [2.75, 3.05) is 7.11 Å². The third-order valence-electron chi connectivity index (χ3n) is 2.78. The number of aldehydes is 1. The monoisotopic (exact) mass is 301 g/mol. The number of ether oxygens (including phenoxy) is 3. The van der Waals surface area contributed by atoms with E-state index in [-0.39, 0.29) is 23.8 Å². The largest absolute Gasteiger partial charge is 0.497 e. The van der Waals surface area contributed by atoms with Crippen molar-refractivity contribution in [2.45, 2.75) is 13.5 Å². The number of nitrogens with zero attached hydrogens (tertiary/aromatic N) is 1. The predicted octanol–water partition coefficient (Wildman–Crippen LogP) is 2.41. The van der Waals surface area contributed by atoms with Crippen LogP contribution in [0.2, 0.25) is 0 Å². The lowest BCUT2D eigenvalue weighted by atomic mass is 10.2. The van der Waals surface area contributed by atoms with Gasteiger partial charge in [0.05, 0.1) is 13.3 Å². The zero-order valence-electron chi connectivity index (χ0n) is 12.2. The molecule has 6 heteroatoms. The molecule has 0 amide bonds. The van der Waals surface area contributed by atoms with Crippen molar-refractivity contribution >= 4 is 12.3 Å². The van der Waals surface area contributed by atoms with Gasteiger partial charge in [0.15, 0.2) is 17.8 Å². The number of benzene rings is 1. The molecule has 0 fully saturated rings. The minimum Gasteiger partial charge on any atom is -0.497 e. The van der Waals surface area contributed by atoms with Crippen molar-refractivity contribution in [3.05, 3.63) is 47.8 Å². The third kappa shape index (κ3) is 4.05. The van der Waals surface area contributed by atoms with Crippen LogP contribution in [0.25, 0.3) is 0 Å². The van der Waals surface area contributed by atoms with E-state index in [1.807, 2.05) is 24.3 Å². The van der Waals surface area contributed by atoms with Crippen LogP contribution < -0.4 is 14.2 Å². The van der Waals surface area contributed by atoms with Gasteiger partial charge in [0, 0.05) is 13.0 Å². The zero-order chi connectivity index (χ0) is 15.9. The summed E-state index contributed by atoms with van der Waals surface area (Å²) < 4.78 is 15.7. The second kappa shape index (κ2) is 7.21. The van der Waals surface area contributed by atoms with Gasteiger partial charge in [-0.15, -0.1) is 0 Å². The number of esters is 1. The van der Waals surface area contributed by atoms with Gasteiger partial charge in [-0.05, 0) is 17.7 Å². The van der Waals surface area contributed by atoms with Crippen LogP contribution in [-0.2, 0) is 11.4 Å². The Hall–Kier alpha value is -2.89. The van der Waals surface area contributed by atoms with Gasteiger partial charge in [0.1, 0.15) is 18.1 Å². The Bertz CT molecular complexity index is 667. The van der Waals surface area contributed by atoms with Gasteiger partial charge < -0.3 is 14.2 Å². The average Bonchev–Trinajstić information content (AvgIpc) is 2.53. The fraction of sp³-hybridized carbons (Fsp3) is 0.188. The molecule has 2 aromatic rings. The second-order valence-corrected chi connectivity index (χ2v) is 4.40. The molecule has 114 valence electrons. The highest BCUT2D eigenvalue weighted by Gasteiger charge is 2.10. The second-order valence-electron chi connectivity index (χ2n) is 4.40. The van der Waals surface area contributed by atoms with Crippen molar-refractivity contribution in [3.8, 4) is 17.2 Å². The highest BCUT2D eigenvalue weighted by Crippen LogP contribution is 2.27. The molecule has 0 aliphatic heterocycles. The van der Waals surface area contributed by atoms with Gasteiger partial charge in [-0.3, -0.25) is 9.59 Å². The molecular formula is C16H15NO5. The van der Waals surface area contributed by atoms with Gasteiger partial charge >= 0.3 is 5.97 Å². The summed E-state index contributed by atoms with van der Waals surface area (Å²) in [5.41, 5.74) is 1.07. The van der Waals surface area contributed by atoms with Crippen LogP contribution >= 0.6 is 0 Å². The Labute approximate surface area is 127 Å². The summed E-state index contributed by atoms with van der Waals surface area (Å²) in [4.78, 5) is 25.7. The molecule has 0 N–H and O–H groups in total. The van der Waals surface area contributed by atoms with Crippen molar-refractivity contribution < 1.29 is 23.8 Å². The maximum absolute atomic E-state index is 11.1. The van der Waals surface area contributed by atoms with Crippen LogP contribution in [-0.4, -0.2) is 24.3 Å². The lowest BCUT2D eigenvalue weighted by Gasteiger charge is -2.11. The number of methoxy groups -OCH3 is 1. The van der Waals surface area contributed by atoms with Crippen LogP contribution in [0.15, 0.2) is 36.5 Å². The number of rotatable bonds is 6. The smallest absolute Gasteiger partial charge is 0.308 e. The van der Waals surface area contributed by atoms with E-state index in [9.17, 15) is 9.59 Å². The zero-order valence-corrected chi connectivity index (χ0v) is 12.2. The molecule has 0 atom stereocenters. The topological polar surface area (TPSA) is 74.7 Å². The molecule has 0 saturated heterocycles. The van der Waals surface area contributed by atoms with Crippen LogP contribution in [0.5, 0.6) is 17.2 Å². The lowest BCUT2D eigenvalue weighted by Crippen LogP contribution is -2.06. The maximum atomic E-state index is 11.1. The molecule has 0 bridgehead atoms. The molecule has 0 aliphatic rings. The molecule has 0 radical (unpaired) electrons. The molecule has 6 nitrogen and oxygen atoms in total. The SMILES string of the molecule is COc1ccc(COc2cnc(C=O)cc2OC(C)=O)cc1. The fourth-order valence-electron chi connectivity index (χ4n) is 1.73. The molecule has 1 aromatic carbocycles. The first-order chi connectivity index (χ1) is 10.6. The van der Waals surface area contributed by atoms with Crippen LogP contribution in [0.4, 0.5) is 0 Å². The predicted molar refractivity (Wildman–Crippen MR) is 78.3 cm³/mol. The first-order valence-electron chi connectivity index (χ1n) is 6.51. The molecule has 0 spiro atoms. The molecular weight excluding hydrogens is 286 g/mol. The quantitative estimate of drug-likeness (QED) is 0.602. The van der Waals surface area contributed by atoms with Gasteiger partial charge in [-0.25, -0.2) is 4.98 Å². The van der Waals surface area contributed by atoms with E-state index >= 15 is 0 Å².